The van der Waals surface area contributed by atoms with Crippen molar-refractivity contribution in [2.45, 2.75) is 33.2 Å². The Morgan fingerprint density at radius 2 is 1.92 bits per heavy atom. The molecule has 0 aliphatic heterocycles. The van der Waals surface area contributed by atoms with Crippen LogP contribution in [0.1, 0.15) is 38.8 Å². The molecule has 2 amide bonds. The van der Waals surface area contributed by atoms with Gasteiger partial charge >= 0.3 is 5.97 Å². The second-order valence-electron chi connectivity index (χ2n) is 5.23. The third kappa shape index (κ3) is 5.91. The van der Waals surface area contributed by atoms with Crippen LogP contribution in [0.15, 0.2) is 24.3 Å². The minimum absolute atomic E-state index is 0.0369. The second-order valence-corrected chi connectivity index (χ2v) is 5.23. The molecule has 7 nitrogen and oxygen atoms in total. The number of likely N-dealkylation sites (N-methyl/N-ethyl adjacent to an activating group) is 1. The molecule has 0 saturated heterocycles. The number of carbonyl (C=O) groups excluding carboxylic acids is 2. The van der Waals surface area contributed by atoms with Crippen molar-refractivity contribution in [2.24, 2.45) is 0 Å². The van der Waals surface area contributed by atoms with Crippen LogP contribution in [0.4, 0.5) is 0 Å². The Hall–Kier alpha value is -2.57. The number of benzene rings is 1. The Morgan fingerprint density at radius 1 is 1.25 bits per heavy atom. The summed E-state index contributed by atoms with van der Waals surface area (Å²) in [5.41, 5.74) is 0.689. The van der Waals surface area contributed by atoms with Crippen LogP contribution in [0.25, 0.3) is 0 Å². The average Bonchev–Trinajstić information content (AvgIpc) is 2.52. The van der Waals surface area contributed by atoms with Crippen LogP contribution in [0.5, 0.6) is 5.75 Å². The molecule has 7 heteroatoms. The van der Waals surface area contributed by atoms with Gasteiger partial charge in [-0.2, -0.15) is 0 Å². The van der Waals surface area contributed by atoms with E-state index in [2.05, 4.69) is 5.32 Å². The van der Waals surface area contributed by atoms with E-state index in [0.29, 0.717) is 17.9 Å². The summed E-state index contributed by atoms with van der Waals surface area (Å²) in [6.45, 7) is 5.30. The molecule has 0 radical (unpaired) electrons. The maximum atomic E-state index is 12.4. The van der Waals surface area contributed by atoms with Crippen molar-refractivity contribution in [1.29, 1.82) is 0 Å². The quantitative estimate of drug-likeness (QED) is 0.714. The van der Waals surface area contributed by atoms with Crippen molar-refractivity contribution in [3.8, 4) is 5.75 Å². The molecule has 1 aromatic rings. The number of para-hydroxylation sites is 1. The van der Waals surface area contributed by atoms with E-state index in [4.69, 9.17) is 9.84 Å². The van der Waals surface area contributed by atoms with E-state index < -0.39 is 12.0 Å². The third-order valence-electron chi connectivity index (χ3n) is 3.41. The molecule has 1 rings (SSSR count). The first kappa shape index (κ1) is 19.5. The number of carbonyl (C=O) groups is 3. The van der Waals surface area contributed by atoms with Gasteiger partial charge in [0.25, 0.3) is 0 Å². The molecule has 0 heterocycles. The molecular formula is C17H24N2O5. The van der Waals surface area contributed by atoms with Crippen LogP contribution in [0.3, 0.4) is 0 Å². The summed E-state index contributed by atoms with van der Waals surface area (Å²) in [7, 11) is 0. The first-order chi connectivity index (χ1) is 11.4. The molecule has 0 aliphatic carbocycles. The van der Waals surface area contributed by atoms with E-state index in [0.717, 1.165) is 0 Å². The Balaban J connectivity index is 3.03. The predicted octanol–water partition coefficient (Wildman–Crippen LogP) is 1.59. The summed E-state index contributed by atoms with van der Waals surface area (Å²) in [5, 5.41) is 11.6. The molecule has 0 aromatic heterocycles. The van der Waals surface area contributed by atoms with E-state index in [-0.39, 0.29) is 31.3 Å². The molecule has 1 unspecified atom stereocenters. The van der Waals surface area contributed by atoms with Crippen LogP contribution >= 0.6 is 0 Å². The number of aliphatic carboxylic acids is 1. The highest BCUT2D eigenvalue weighted by Crippen LogP contribution is 2.28. The summed E-state index contributed by atoms with van der Waals surface area (Å²) in [6, 6.07) is 6.58. The van der Waals surface area contributed by atoms with Crippen molar-refractivity contribution in [3.05, 3.63) is 29.8 Å². The molecule has 0 spiro atoms. The van der Waals surface area contributed by atoms with E-state index in [1.165, 1.54) is 11.8 Å². The molecule has 1 atom stereocenters. The zero-order valence-electron chi connectivity index (χ0n) is 14.2. The van der Waals surface area contributed by atoms with Crippen molar-refractivity contribution in [1.82, 2.24) is 10.2 Å². The molecule has 2 N–H and O–H groups in total. The topological polar surface area (TPSA) is 95.9 Å². The molecular weight excluding hydrogens is 312 g/mol. The average molecular weight is 336 g/mol. The van der Waals surface area contributed by atoms with Gasteiger partial charge < -0.3 is 20.1 Å². The van der Waals surface area contributed by atoms with E-state index in [9.17, 15) is 14.4 Å². The van der Waals surface area contributed by atoms with Crippen molar-refractivity contribution in [3.63, 3.8) is 0 Å². The van der Waals surface area contributed by atoms with Gasteiger partial charge in [-0.1, -0.05) is 18.2 Å². The van der Waals surface area contributed by atoms with Gasteiger partial charge in [-0.05, 0) is 19.9 Å². The number of nitrogens with one attached hydrogen (secondary N) is 1. The zero-order chi connectivity index (χ0) is 18.1. The molecule has 24 heavy (non-hydrogen) atoms. The second kappa shape index (κ2) is 9.54. The van der Waals surface area contributed by atoms with Gasteiger partial charge in [-0.25, -0.2) is 0 Å². The molecule has 0 saturated carbocycles. The number of hydrogen-bond donors (Lipinski definition) is 2. The van der Waals surface area contributed by atoms with Gasteiger partial charge in [-0.3, -0.25) is 14.4 Å². The van der Waals surface area contributed by atoms with Crippen LogP contribution in [-0.4, -0.2) is 47.5 Å². The fourth-order valence-electron chi connectivity index (χ4n) is 2.38. The van der Waals surface area contributed by atoms with Gasteiger partial charge in [0.05, 0.1) is 19.1 Å². The van der Waals surface area contributed by atoms with Gasteiger partial charge in [-0.15, -0.1) is 0 Å². The lowest BCUT2D eigenvalue weighted by Gasteiger charge is -2.24. The molecule has 1 aromatic carbocycles. The first-order valence-corrected chi connectivity index (χ1v) is 7.87. The summed E-state index contributed by atoms with van der Waals surface area (Å²) in [6.07, 6.45) is -0.0369. The summed E-state index contributed by atoms with van der Waals surface area (Å²) in [5.74, 6) is -1.10. The molecule has 0 bridgehead atoms. The summed E-state index contributed by atoms with van der Waals surface area (Å²) >= 11 is 0. The Bertz CT molecular complexity index is 588. The summed E-state index contributed by atoms with van der Waals surface area (Å²) in [4.78, 5) is 36.0. The molecule has 0 fully saturated rings. The smallest absolute Gasteiger partial charge is 0.323 e. The van der Waals surface area contributed by atoms with Gasteiger partial charge in [0.1, 0.15) is 12.3 Å². The highest BCUT2D eigenvalue weighted by molar-refractivity contribution is 5.83. The Labute approximate surface area is 141 Å². The number of amides is 2. The molecule has 0 aliphatic rings. The number of rotatable bonds is 9. The maximum Gasteiger partial charge on any atom is 0.323 e. The standard InChI is InChI=1S/C17H24N2O5/c1-4-19(11-17(22)23)16(21)10-14(18-12(3)20)13-8-6-7-9-15(13)24-5-2/h6-9,14H,4-5,10-11H2,1-3H3,(H,18,20)(H,22,23). The van der Waals surface area contributed by atoms with Crippen molar-refractivity contribution >= 4 is 17.8 Å². The van der Waals surface area contributed by atoms with Gasteiger partial charge in [0.2, 0.25) is 11.8 Å². The monoisotopic (exact) mass is 336 g/mol. The normalized spacial score (nSPS) is 11.5. The van der Waals surface area contributed by atoms with Crippen LogP contribution < -0.4 is 10.1 Å². The number of hydrogen-bond acceptors (Lipinski definition) is 4. The SMILES string of the molecule is CCOc1ccccc1C(CC(=O)N(CC)CC(=O)O)NC(C)=O. The number of nitrogens with zero attached hydrogens (tertiary/aromatic N) is 1. The van der Waals surface area contributed by atoms with Crippen LogP contribution in [0, 0.1) is 0 Å². The van der Waals surface area contributed by atoms with Crippen LogP contribution in [-0.2, 0) is 14.4 Å². The predicted molar refractivity (Wildman–Crippen MR) is 88.7 cm³/mol. The van der Waals surface area contributed by atoms with Crippen molar-refractivity contribution in [2.75, 3.05) is 19.7 Å². The summed E-state index contributed by atoms with van der Waals surface area (Å²) < 4.78 is 5.56. The fourth-order valence-corrected chi connectivity index (χ4v) is 2.38. The lowest BCUT2D eigenvalue weighted by Crippen LogP contribution is -2.38. The minimum Gasteiger partial charge on any atom is -0.494 e. The highest BCUT2D eigenvalue weighted by atomic mass is 16.5. The fraction of sp³-hybridized carbons (Fsp3) is 0.471. The Morgan fingerprint density at radius 3 is 2.46 bits per heavy atom. The van der Waals surface area contributed by atoms with Gasteiger partial charge in [0, 0.05) is 19.0 Å². The lowest BCUT2D eigenvalue weighted by atomic mass is 10.0. The zero-order valence-corrected chi connectivity index (χ0v) is 14.2. The minimum atomic E-state index is -1.07. The number of carboxylic acids is 1. The van der Waals surface area contributed by atoms with Gasteiger partial charge in [0.15, 0.2) is 0 Å². The largest absolute Gasteiger partial charge is 0.494 e. The maximum absolute atomic E-state index is 12.4. The number of carboxylic acid groups (broad SMARTS) is 1. The van der Waals surface area contributed by atoms with E-state index >= 15 is 0 Å². The lowest BCUT2D eigenvalue weighted by molar-refractivity contribution is -0.144. The third-order valence-corrected chi connectivity index (χ3v) is 3.41. The first-order valence-electron chi connectivity index (χ1n) is 7.87. The molecule has 132 valence electrons. The Kier molecular flexibility index (Phi) is 7.74. The number of ether oxygens (including phenoxy) is 1. The van der Waals surface area contributed by atoms with Crippen LogP contribution in [0.2, 0.25) is 0 Å². The van der Waals surface area contributed by atoms with E-state index in [1.807, 2.05) is 13.0 Å². The highest BCUT2D eigenvalue weighted by Gasteiger charge is 2.24. The van der Waals surface area contributed by atoms with Crippen molar-refractivity contribution < 1.29 is 24.2 Å². The van der Waals surface area contributed by atoms with E-state index in [1.54, 1.807) is 25.1 Å².